The van der Waals surface area contributed by atoms with E-state index in [-0.39, 0.29) is 11.9 Å². The van der Waals surface area contributed by atoms with Gasteiger partial charge in [-0.05, 0) is 18.6 Å². The van der Waals surface area contributed by atoms with Gasteiger partial charge in [-0.1, -0.05) is 34.1 Å². The topological polar surface area (TPSA) is 41.1 Å². The molecule has 0 aliphatic rings. The molecule has 1 aromatic carbocycles. The highest BCUT2D eigenvalue weighted by atomic mass is 79.9. The van der Waals surface area contributed by atoms with Crippen LogP contribution in [-0.2, 0) is 4.79 Å². The van der Waals surface area contributed by atoms with E-state index in [1.54, 1.807) is 7.05 Å². The van der Waals surface area contributed by atoms with Gasteiger partial charge in [0.25, 0.3) is 0 Å². The summed E-state index contributed by atoms with van der Waals surface area (Å²) in [6.07, 6.45) is 0.505. The maximum absolute atomic E-state index is 11.0. The molecule has 0 aromatic heterocycles. The Balaban J connectivity index is 2.44. The summed E-state index contributed by atoms with van der Waals surface area (Å²) in [7, 11) is 1.65. The normalized spacial score (nSPS) is 12.2. The molecule has 16 heavy (non-hydrogen) atoms. The summed E-state index contributed by atoms with van der Waals surface area (Å²) < 4.78 is 1.09. The smallest absolute Gasteiger partial charge is 0.221 e. The molecular weight excluding hydrogens is 268 g/mol. The Morgan fingerprint density at radius 2 is 2.12 bits per heavy atom. The third-order valence-electron chi connectivity index (χ3n) is 2.45. The standard InChI is InChI=1S/C12H17BrN2O/c1-9(15-8-7-12(16)14-2)10-5-3-4-6-11(10)13/h3-6,9,15H,7-8H2,1-2H3,(H,14,16). The van der Waals surface area contributed by atoms with Crippen LogP contribution >= 0.6 is 15.9 Å². The van der Waals surface area contributed by atoms with E-state index in [1.807, 2.05) is 18.2 Å². The van der Waals surface area contributed by atoms with E-state index < -0.39 is 0 Å². The van der Waals surface area contributed by atoms with Crippen LogP contribution in [0.2, 0.25) is 0 Å². The van der Waals surface area contributed by atoms with Crippen molar-refractivity contribution in [3.8, 4) is 0 Å². The van der Waals surface area contributed by atoms with Crippen molar-refractivity contribution in [1.82, 2.24) is 10.6 Å². The maximum atomic E-state index is 11.0. The highest BCUT2D eigenvalue weighted by molar-refractivity contribution is 9.10. The van der Waals surface area contributed by atoms with Crippen LogP contribution in [-0.4, -0.2) is 19.5 Å². The zero-order valence-corrected chi connectivity index (χ0v) is 11.2. The summed E-state index contributed by atoms with van der Waals surface area (Å²) in [6, 6.07) is 8.33. The van der Waals surface area contributed by atoms with E-state index in [9.17, 15) is 4.79 Å². The van der Waals surface area contributed by atoms with Crippen LogP contribution in [0.3, 0.4) is 0 Å². The summed E-state index contributed by atoms with van der Waals surface area (Å²) >= 11 is 3.51. The monoisotopic (exact) mass is 284 g/mol. The number of halogens is 1. The largest absolute Gasteiger partial charge is 0.359 e. The zero-order valence-electron chi connectivity index (χ0n) is 9.59. The van der Waals surface area contributed by atoms with E-state index >= 15 is 0 Å². The van der Waals surface area contributed by atoms with Crippen LogP contribution in [0.5, 0.6) is 0 Å². The fourth-order valence-corrected chi connectivity index (χ4v) is 2.09. The van der Waals surface area contributed by atoms with E-state index in [4.69, 9.17) is 0 Å². The van der Waals surface area contributed by atoms with Gasteiger partial charge >= 0.3 is 0 Å². The molecule has 88 valence electrons. The molecule has 1 aromatic rings. The van der Waals surface area contributed by atoms with Crippen LogP contribution in [0.1, 0.15) is 24.9 Å². The average molecular weight is 285 g/mol. The second kappa shape index (κ2) is 6.66. The quantitative estimate of drug-likeness (QED) is 0.871. The number of carbonyl (C=O) groups excluding carboxylic acids is 1. The Bertz CT molecular complexity index is 355. The Morgan fingerprint density at radius 3 is 2.75 bits per heavy atom. The molecule has 1 amide bonds. The summed E-state index contributed by atoms with van der Waals surface area (Å²) in [5, 5.41) is 5.92. The minimum Gasteiger partial charge on any atom is -0.359 e. The van der Waals surface area contributed by atoms with Gasteiger partial charge in [0, 0.05) is 30.5 Å². The predicted molar refractivity (Wildman–Crippen MR) is 69.2 cm³/mol. The van der Waals surface area contributed by atoms with Crippen molar-refractivity contribution in [2.45, 2.75) is 19.4 Å². The van der Waals surface area contributed by atoms with E-state index in [1.165, 1.54) is 5.56 Å². The van der Waals surface area contributed by atoms with E-state index in [0.717, 1.165) is 4.47 Å². The van der Waals surface area contributed by atoms with Gasteiger partial charge in [0.2, 0.25) is 5.91 Å². The number of rotatable bonds is 5. The minimum absolute atomic E-state index is 0.0619. The van der Waals surface area contributed by atoms with Crippen molar-refractivity contribution in [2.75, 3.05) is 13.6 Å². The molecule has 0 bridgehead atoms. The molecule has 1 rings (SSSR count). The van der Waals surface area contributed by atoms with Gasteiger partial charge < -0.3 is 10.6 Å². The molecule has 0 fully saturated rings. The molecule has 0 saturated heterocycles. The summed E-state index contributed by atoms with van der Waals surface area (Å²) in [5.74, 6) is 0.0619. The van der Waals surface area contributed by atoms with Crippen molar-refractivity contribution < 1.29 is 4.79 Å². The van der Waals surface area contributed by atoms with Gasteiger partial charge in [-0.25, -0.2) is 0 Å². The molecule has 0 aliphatic heterocycles. The lowest BCUT2D eigenvalue weighted by atomic mass is 10.1. The number of amides is 1. The van der Waals surface area contributed by atoms with Crippen LogP contribution in [0.15, 0.2) is 28.7 Å². The number of benzene rings is 1. The highest BCUT2D eigenvalue weighted by Crippen LogP contribution is 2.22. The van der Waals surface area contributed by atoms with Gasteiger partial charge in [0.1, 0.15) is 0 Å². The van der Waals surface area contributed by atoms with Crippen LogP contribution < -0.4 is 10.6 Å². The first kappa shape index (κ1) is 13.2. The highest BCUT2D eigenvalue weighted by Gasteiger charge is 2.08. The lowest BCUT2D eigenvalue weighted by Gasteiger charge is -2.15. The van der Waals surface area contributed by atoms with Crippen molar-refractivity contribution in [3.05, 3.63) is 34.3 Å². The van der Waals surface area contributed by atoms with Crippen molar-refractivity contribution in [1.29, 1.82) is 0 Å². The predicted octanol–water partition coefficient (Wildman–Crippen LogP) is 2.24. The van der Waals surface area contributed by atoms with Gasteiger partial charge in [-0.2, -0.15) is 0 Å². The Labute approximate surface area is 105 Å². The lowest BCUT2D eigenvalue weighted by molar-refractivity contribution is -0.120. The molecule has 0 aliphatic carbocycles. The van der Waals surface area contributed by atoms with Crippen molar-refractivity contribution >= 4 is 21.8 Å². The number of hydrogen-bond donors (Lipinski definition) is 2. The maximum Gasteiger partial charge on any atom is 0.221 e. The fourth-order valence-electron chi connectivity index (χ4n) is 1.46. The summed E-state index contributed by atoms with van der Waals surface area (Å²) in [6.45, 7) is 2.77. The number of nitrogens with one attached hydrogen (secondary N) is 2. The molecule has 0 saturated carbocycles. The van der Waals surface area contributed by atoms with E-state index in [2.05, 4.69) is 39.6 Å². The summed E-state index contributed by atoms with van der Waals surface area (Å²) in [5.41, 5.74) is 1.21. The molecule has 4 heteroatoms. The third-order valence-corrected chi connectivity index (χ3v) is 3.18. The van der Waals surface area contributed by atoms with E-state index in [0.29, 0.717) is 13.0 Å². The zero-order chi connectivity index (χ0) is 12.0. The molecule has 1 unspecified atom stereocenters. The molecule has 0 heterocycles. The molecule has 0 spiro atoms. The second-order valence-corrected chi connectivity index (χ2v) is 4.47. The molecule has 0 radical (unpaired) electrons. The first-order valence-electron chi connectivity index (χ1n) is 5.33. The van der Waals surface area contributed by atoms with Crippen LogP contribution in [0, 0.1) is 0 Å². The van der Waals surface area contributed by atoms with Crippen LogP contribution in [0.25, 0.3) is 0 Å². The molecule has 3 nitrogen and oxygen atoms in total. The summed E-state index contributed by atoms with van der Waals surface area (Å²) in [4.78, 5) is 11.0. The number of hydrogen-bond acceptors (Lipinski definition) is 2. The first-order chi connectivity index (χ1) is 7.65. The Kier molecular flexibility index (Phi) is 5.49. The van der Waals surface area contributed by atoms with Gasteiger partial charge in [-0.3, -0.25) is 4.79 Å². The second-order valence-electron chi connectivity index (χ2n) is 3.62. The molecule has 1 atom stereocenters. The molecular formula is C12H17BrN2O. The fraction of sp³-hybridized carbons (Fsp3) is 0.417. The van der Waals surface area contributed by atoms with Crippen molar-refractivity contribution in [2.24, 2.45) is 0 Å². The van der Waals surface area contributed by atoms with Crippen molar-refractivity contribution in [3.63, 3.8) is 0 Å². The first-order valence-corrected chi connectivity index (χ1v) is 6.13. The van der Waals surface area contributed by atoms with Gasteiger partial charge in [0.15, 0.2) is 0 Å². The van der Waals surface area contributed by atoms with Gasteiger partial charge in [0.05, 0.1) is 0 Å². The Hall–Kier alpha value is -0.870. The Morgan fingerprint density at radius 1 is 1.44 bits per heavy atom. The molecule has 2 N–H and O–H groups in total. The number of carbonyl (C=O) groups is 1. The SMILES string of the molecule is CNC(=O)CCNC(C)c1ccccc1Br. The van der Waals surface area contributed by atoms with Gasteiger partial charge in [-0.15, -0.1) is 0 Å². The lowest BCUT2D eigenvalue weighted by Crippen LogP contribution is -2.26. The third kappa shape index (κ3) is 3.94. The van der Waals surface area contributed by atoms with Crippen LogP contribution in [0.4, 0.5) is 0 Å². The minimum atomic E-state index is 0.0619. The average Bonchev–Trinajstić information content (AvgIpc) is 2.29.